The Hall–Kier alpha value is -2.41. The molecule has 2 aromatic carbocycles. The van der Waals surface area contributed by atoms with Gasteiger partial charge in [0.05, 0.1) is 19.9 Å². The molecule has 23 heavy (non-hydrogen) atoms. The van der Waals surface area contributed by atoms with Crippen LogP contribution in [0, 0.1) is 0 Å². The third-order valence-corrected chi connectivity index (χ3v) is 4.27. The predicted molar refractivity (Wildman–Crippen MR) is 88.9 cm³/mol. The molecule has 7 heteroatoms. The lowest BCUT2D eigenvalue weighted by Gasteiger charge is -2.13. The summed E-state index contributed by atoms with van der Waals surface area (Å²) in [6, 6.07) is 13.9. The summed E-state index contributed by atoms with van der Waals surface area (Å²) in [5.74, 6) is 1.39. The zero-order valence-corrected chi connectivity index (χ0v) is 13.8. The number of methoxy groups -OCH3 is 2. The van der Waals surface area contributed by atoms with Crippen LogP contribution in [0.1, 0.15) is 0 Å². The Morgan fingerprint density at radius 2 is 1.70 bits per heavy atom. The molecule has 0 aliphatic heterocycles. The van der Waals surface area contributed by atoms with E-state index >= 15 is 0 Å². The van der Waals surface area contributed by atoms with Crippen molar-refractivity contribution in [3.63, 3.8) is 0 Å². The first-order valence-corrected chi connectivity index (χ1v) is 8.59. The normalized spacial score (nSPS) is 10.9. The molecule has 2 rings (SSSR count). The monoisotopic (exact) mass is 337 g/mol. The second-order valence-corrected chi connectivity index (χ2v) is 6.49. The number of benzene rings is 2. The van der Waals surface area contributed by atoms with Gasteiger partial charge < -0.3 is 14.2 Å². The molecule has 0 amide bonds. The summed E-state index contributed by atoms with van der Waals surface area (Å²) >= 11 is 0. The molecule has 0 unspecified atom stereocenters. The van der Waals surface area contributed by atoms with E-state index in [1.807, 2.05) is 18.2 Å². The van der Waals surface area contributed by atoms with Crippen LogP contribution in [-0.4, -0.2) is 35.0 Å². The Morgan fingerprint density at radius 3 is 2.35 bits per heavy atom. The number of anilines is 1. The zero-order chi connectivity index (χ0) is 16.7. The number of sulfonamides is 1. The van der Waals surface area contributed by atoms with Crippen molar-refractivity contribution in [3.05, 3.63) is 48.5 Å². The molecule has 0 heterocycles. The lowest BCUT2D eigenvalue weighted by molar-refractivity contribution is 0.341. The molecule has 2 aromatic rings. The summed E-state index contributed by atoms with van der Waals surface area (Å²) < 4.78 is 42.5. The van der Waals surface area contributed by atoms with E-state index in [4.69, 9.17) is 14.2 Å². The minimum absolute atomic E-state index is 0.0473. The van der Waals surface area contributed by atoms with Gasteiger partial charge in [-0.3, -0.25) is 4.72 Å². The van der Waals surface area contributed by atoms with Crippen LogP contribution in [0.2, 0.25) is 0 Å². The van der Waals surface area contributed by atoms with E-state index in [1.54, 1.807) is 30.3 Å². The van der Waals surface area contributed by atoms with Gasteiger partial charge in [-0.15, -0.1) is 0 Å². The molecule has 0 atom stereocenters. The Labute approximate surface area is 136 Å². The fourth-order valence-corrected chi connectivity index (χ4v) is 2.80. The maximum absolute atomic E-state index is 12.2. The van der Waals surface area contributed by atoms with E-state index < -0.39 is 10.0 Å². The smallest absolute Gasteiger partial charge is 0.236 e. The van der Waals surface area contributed by atoms with E-state index in [2.05, 4.69) is 4.72 Å². The second kappa shape index (κ2) is 7.73. The van der Waals surface area contributed by atoms with Crippen molar-refractivity contribution in [2.24, 2.45) is 0 Å². The van der Waals surface area contributed by atoms with Gasteiger partial charge >= 0.3 is 0 Å². The van der Waals surface area contributed by atoms with Crippen molar-refractivity contribution in [2.45, 2.75) is 0 Å². The fourth-order valence-electron chi connectivity index (χ4n) is 1.90. The number of rotatable bonds is 8. The molecule has 0 spiro atoms. The number of para-hydroxylation sites is 1. The van der Waals surface area contributed by atoms with Crippen LogP contribution in [0.4, 0.5) is 5.69 Å². The van der Waals surface area contributed by atoms with Gasteiger partial charge in [-0.1, -0.05) is 18.2 Å². The van der Waals surface area contributed by atoms with Crippen LogP contribution in [0.3, 0.4) is 0 Å². The first-order chi connectivity index (χ1) is 11.0. The highest BCUT2D eigenvalue weighted by Crippen LogP contribution is 2.29. The van der Waals surface area contributed by atoms with Gasteiger partial charge in [-0.25, -0.2) is 8.42 Å². The minimum atomic E-state index is -3.57. The fraction of sp³-hybridized carbons (Fsp3) is 0.250. The third kappa shape index (κ3) is 5.07. The summed E-state index contributed by atoms with van der Waals surface area (Å²) in [6.45, 7) is 0.0473. The number of nitrogens with one attached hydrogen (secondary N) is 1. The summed E-state index contributed by atoms with van der Waals surface area (Å²) in [4.78, 5) is 0. The lowest BCUT2D eigenvalue weighted by Crippen LogP contribution is -2.21. The summed E-state index contributed by atoms with van der Waals surface area (Å²) in [6.07, 6.45) is 0. The largest absolute Gasteiger partial charge is 0.497 e. The molecule has 0 aliphatic carbocycles. The van der Waals surface area contributed by atoms with Gasteiger partial charge in [0.25, 0.3) is 0 Å². The molecule has 0 bridgehead atoms. The highest BCUT2D eigenvalue weighted by molar-refractivity contribution is 7.92. The van der Waals surface area contributed by atoms with Crippen molar-refractivity contribution in [3.8, 4) is 17.2 Å². The van der Waals surface area contributed by atoms with E-state index in [1.165, 1.54) is 14.2 Å². The second-order valence-electron chi connectivity index (χ2n) is 4.65. The summed E-state index contributed by atoms with van der Waals surface area (Å²) in [5.41, 5.74) is 0.326. The molecule has 0 aromatic heterocycles. The molecule has 124 valence electrons. The highest BCUT2D eigenvalue weighted by Gasteiger charge is 2.14. The molecule has 0 saturated carbocycles. The maximum Gasteiger partial charge on any atom is 0.236 e. The number of hydrogen-bond acceptors (Lipinski definition) is 5. The van der Waals surface area contributed by atoms with Crippen molar-refractivity contribution in [2.75, 3.05) is 31.3 Å². The molecule has 6 nitrogen and oxygen atoms in total. The SMILES string of the molecule is COc1ccc(OC)c(NS(=O)(=O)CCOc2ccccc2)c1. The molecule has 0 aliphatic rings. The first-order valence-electron chi connectivity index (χ1n) is 6.94. The average molecular weight is 337 g/mol. The third-order valence-electron chi connectivity index (χ3n) is 3.04. The standard InChI is InChI=1S/C16H19NO5S/c1-20-14-8-9-16(21-2)15(12-14)17-23(18,19)11-10-22-13-6-4-3-5-7-13/h3-9,12,17H,10-11H2,1-2H3. The molecular weight excluding hydrogens is 318 g/mol. The summed E-state index contributed by atoms with van der Waals surface area (Å²) in [5, 5.41) is 0. The van der Waals surface area contributed by atoms with E-state index in [0.717, 1.165) is 0 Å². The van der Waals surface area contributed by atoms with Crippen molar-refractivity contribution in [1.29, 1.82) is 0 Å². The van der Waals surface area contributed by atoms with Crippen molar-refractivity contribution >= 4 is 15.7 Å². The van der Waals surface area contributed by atoms with Gasteiger partial charge in [0.15, 0.2) is 0 Å². The van der Waals surface area contributed by atoms with Gasteiger partial charge in [0, 0.05) is 6.07 Å². The Kier molecular flexibility index (Phi) is 5.70. The Bertz CT molecular complexity index is 731. The quantitative estimate of drug-likeness (QED) is 0.801. The first kappa shape index (κ1) is 17.0. The predicted octanol–water partition coefficient (Wildman–Crippen LogP) is 2.52. The topological polar surface area (TPSA) is 73.9 Å². The van der Waals surface area contributed by atoms with Gasteiger partial charge in [0.2, 0.25) is 10.0 Å². The van der Waals surface area contributed by atoms with Crippen LogP contribution in [-0.2, 0) is 10.0 Å². The molecule has 0 saturated heterocycles. The van der Waals surface area contributed by atoms with Crippen LogP contribution >= 0.6 is 0 Å². The Balaban J connectivity index is 2.00. The van der Waals surface area contributed by atoms with Crippen molar-refractivity contribution < 1.29 is 22.6 Å². The average Bonchev–Trinajstić information content (AvgIpc) is 2.55. The van der Waals surface area contributed by atoms with E-state index in [9.17, 15) is 8.42 Å². The van der Waals surface area contributed by atoms with Gasteiger partial charge in [-0.05, 0) is 24.3 Å². The maximum atomic E-state index is 12.2. The molecular formula is C16H19NO5S. The van der Waals surface area contributed by atoms with Crippen molar-refractivity contribution in [1.82, 2.24) is 0 Å². The molecule has 0 radical (unpaired) electrons. The number of ether oxygens (including phenoxy) is 3. The van der Waals surface area contributed by atoms with Crippen LogP contribution in [0.5, 0.6) is 17.2 Å². The zero-order valence-electron chi connectivity index (χ0n) is 13.0. The highest BCUT2D eigenvalue weighted by atomic mass is 32.2. The minimum Gasteiger partial charge on any atom is -0.497 e. The van der Waals surface area contributed by atoms with Gasteiger partial charge in [-0.2, -0.15) is 0 Å². The van der Waals surface area contributed by atoms with Gasteiger partial charge in [0.1, 0.15) is 29.6 Å². The molecule has 0 fully saturated rings. The van der Waals surface area contributed by atoms with E-state index in [-0.39, 0.29) is 12.4 Å². The van der Waals surface area contributed by atoms with Crippen LogP contribution in [0.15, 0.2) is 48.5 Å². The summed E-state index contributed by atoms with van der Waals surface area (Å²) in [7, 11) is -0.595. The van der Waals surface area contributed by atoms with Crippen LogP contribution in [0.25, 0.3) is 0 Å². The lowest BCUT2D eigenvalue weighted by atomic mass is 10.3. The Morgan fingerprint density at radius 1 is 0.957 bits per heavy atom. The number of hydrogen-bond donors (Lipinski definition) is 1. The van der Waals surface area contributed by atoms with E-state index in [0.29, 0.717) is 22.9 Å². The van der Waals surface area contributed by atoms with Crippen LogP contribution < -0.4 is 18.9 Å². The molecule has 1 N–H and O–H groups in total.